The molecule has 2 aromatic carbocycles. The molecule has 1 aliphatic heterocycles. The summed E-state index contributed by atoms with van der Waals surface area (Å²) < 4.78 is 16.9. The number of amides is 1. The number of anilines is 1. The van der Waals surface area contributed by atoms with Gasteiger partial charge in [0.15, 0.2) is 10.6 Å². The van der Waals surface area contributed by atoms with Crippen molar-refractivity contribution in [2.45, 2.75) is 26.3 Å². The van der Waals surface area contributed by atoms with Crippen LogP contribution in [0.15, 0.2) is 70.4 Å². The maximum Gasteiger partial charge on any atom is 0.350 e. The normalized spacial score (nSPS) is 14.6. The van der Waals surface area contributed by atoms with Gasteiger partial charge in [-0.05, 0) is 43.2 Å². The van der Waals surface area contributed by atoms with E-state index >= 15 is 0 Å². The zero-order chi connectivity index (χ0) is 26.1. The summed E-state index contributed by atoms with van der Waals surface area (Å²) in [5.41, 5.74) is 1.37. The lowest BCUT2D eigenvalue weighted by molar-refractivity contribution is 0.0554. The van der Waals surface area contributed by atoms with E-state index in [0.717, 1.165) is 17.8 Å². The van der Waals surface area contributed by atoms with Crippen LogP contribution in [0.3, 0.4) is 0 Å². The van der Waals surface area contributed by atoms with Crippen molar-refractivity contribution in [1.82, 2.24) is 4.98 Å². The number of para-hydroxylation sites is 1. The molecule has 0 saturated carbocycles. The Balaban J connectivity index is 1.66. The van der Waals surface area contributed by atoms with E-state index in [4.69, 9.17) is 13.9 Å². The monoisotopic (exact) mass is 516 g/mol. The van der Waals surface area contributed by atoms with Crippen LogP contribution in [0.4, 0.5) is 5.13 Å². The molecule has 0 aliphatic carbocycles. The predicted molar refractivity (Wildman–Crippen MR) is 141 cm³/mol. The van der Waals surface area contributed by atoms with E-state index in [0.29, 0.717) is 34.6 Å². The first-order chi connectivity index (χ1) is 17.9. The molecule has 1 aliphatic rings. The van der Waals surface area contributed by atoms with Gasteiger partial charge in [-0.15, -0.1) is 0 Å². The second-order valence-electron chi connectivity index (χ2n) is 8.46. The lowest BCUT2D eigenvalue weighted by Crippen LogP contribution is -2.29. The predicted octanol–water partition coefficient (Wildman–Crippen LogP) is 5.44. The quantitative estimate of drug-likeness (QED) is 0.227. The molecule has 1 atom stereocenters. The van der Waals surface area contributed by atoms with Crippen molar-refractivity contribution < 1.29 is 23.5 Å². The summed E-state index contributed by atoms with van der Waals surface area (Å²) in [6, 6.07) is 13.3. The van der Waals surface area contributed by atoms with Crippen molar-refractivity contribution in [3.63, 3.8) is 0 Å². The summed E-state index contributed by atoms with van der Waals surface area (Å²) in [7, 11) is 0. The highest BCUT2D eigenvalue weighted by Crippen LogP contribution is 2.43. The number of esters is 1. The molecule has 0 radical (unpaired) electrons. The van der Waals surface area contributed by atoms with Crippen molar-refractivity contribution in [3.8, 4) is 5.75 Å². The maximum atomic E-state index is 13.8. The Bertz CT molecular complexity index is 1570. The number of hydrogen-bond donors (Lipinski definition) is 0. The van der Waals surface area contributed by atoms with Crippen molar-refractivity contribution in [3.05, 3.63) is 98.9 Å². The van der Waals surface area contributed by atoms with Gasteiger partial charge >= 0.3 is 5.97 Å². The Kier molecular flexibility index (Phi) is 6.62. The van der Waals surface area contributed by atoms with Gasteiger partial charge in [0.1, 0.15) is 22.8 Å². The minimum Gasteiger partial charge on any atom is -0.494 e. The molecule has 0 N–H and O–H groups in total. The number of rotatable bonds is 8. The summed E-state index contributed by atoms with van der Waals surface area (Å²) in [4.78, 5) is 46.2. The van der Waals surface area contributed by atoms with Crippen LogP contribution in [0.5, 0.6) is 5.75 Å². The number of aryl methyl sites for hydroxylation is 1. The molecule has 0 saturated heterocycles. The molecule has 5 rings (SSSR count). The first-order valence-corrected chi connectivity index (χ1v) is 12.6. The van der Waals surface area contributed by atoms with Crippen molar-refractivity contribution in [1.29, 1.82) is 0 Å². The fourth-order valence-corrected chi connectivity index (χ4v) is 5.26. The van der Waals surface area contributed by atoms with Crippen molar-refractivity contribution >= 4 is 39.3 Å². The van der Waals surface area contributed by atoms with Gasteiger partial charge in [-0.25, -0.2) is 9.78 Å². The lowest BCUT2D eigenvalue weighted by Gasteiger charge is -2.22. The number of benzene rings is 2. The minimum absolute atomic E-state index is 0.0383. The molecule has 3 heterocycles. The van der Waals surface area contributed by atoms with Gasteiger partial charge in [0.25, 0.3) is 5.91 Å². The third-order valence-electron chi connectivity index (χ3n) is 5.96. The SMILES string of the molecule is C=CCOC(=O)c1sc(N2C(=O)c3oc4ccccc4c(=O)c3[C@H]2c2ccc(OCCC)cc2)nc1C. The van der Waals surface area contributed by atoms with Gasteiger partial charge in [0.05, 0.1) is 29.3 Å². The minimum atomic E-state index is -0.800. The highest BCUT2D eigenvalue weighted by molar-refractivity contribution is 7.17. The molecule has 2 aromatic heterocycles. The number of hydrogen-bond acceptors (Lipinski definition) is 8. The molecule has 0 spiro atoms. The number of ether oxygens (including phenoxy) is 2. The Morgan fingerprint density at radius 2 is 1.95 bits per heavy atom. The standard InChI is InChI=1S/C28H24N2O6S/c1-4-14-34-18-12-10-17(11-13-18)22-21-23(31)19-8-6-7-9-20(19)36-24(21)26(32)30(22)28-29-16(3)25(37-28)27(33)35-15-5-2/h5-13,22H,2,4,14-15H2,1,3H3/t22-/m1/s1. The summed E-state index contributed by atoms with van der Waals surface area (Å²) in [5.74, 6) is -0.415. The van der Waals surface area contributed by atoms with Crippen LogP contribution in [0.2, 0.25) is 0 Å². The molecule has 0 unspecified atom stereocenters. The second kappa shape index (κ2) is 10.0. The van der Waals surface area contributed by atoms with Crippen molar-refractivity contribution in [2.75, 3.05) is 18.1 Å². The zero-order valence-corrected chi connectivity index (χ0v) is 21.2. The smallest absolute Gasteiger partial charge is 0.350 e. The third-order valence-corrected chi connectivity index (χ3v) is 7.09. The summed E-state index contributed by atoms with van der Waals surface area (Å²) in [5, 5.41) is 0.645. The Hall–Kier alpha value is -4.24. The first kappa shape index (κ1) is 24.5. The van der Waals surface area contributed by atoms with Gasteiger partial charge < -0.3 is 13.9 Å². The number of carbonyl (C=O) groups is 2. The second-order valence-corrected chi connectivity index (χ2v) is 9.44. The fourth-order valence-electron chi connectivity index (χ4n) is 4.27. The summed E-state index contributed by atoms with van der Waals surface area (Å²) >= 11 is 1.03. The molecule has 8 nitrogen and oxygen atoms in total. The van der Waals surface area contributed by atoms with Gasteiger partial charge in [0, 0.05) is 0 Å². The fraction of sp³-hybridized carbons (Fsp3) is 0.214. The number of carbonyl (C=O) groups excluding carboxylic acids is 2. The van der Waals surface area contributed by atoms with Crippen LogP contribution in [-0.4, -0.2) is 30.1 Å². The average Bonchev–Trinajstić information content (AvgIpc) is 3.43. The molecule has 37 heavy (non-hydrogen) atoms. The summed E-state index contributed by atoms with van der Waals surface area (Å²) in [6.07, 6.45) is 2.34. The largest absolute Gasteiger partial charge is 0.494 e. The molecular formula is C28H24N2O6S. The number of nitrogens with zero attached hydrogens (tertiary/aromatic N) is 2. The molecule has 0 fully saturated rings. The molecule has 0 bridgehead atoms. The Morgan fingerprint density at radius 1 is 1.19 bits per heavy atom. The van der Waals surface area contributed by atoms with Gasteiger partial charge in [0.2, 0.25) is 5.76 Å². The van der Waals surface area contributed by atoms with E-state index in [-0.39, 0.29) is 33.4 Å². The average molecular weight is 517 g/mol. The number of fused-ring (bicyclic) bond motifs is 2. The molecule has 1 amide bonds. The van der Waals surface area contributed by atoms with E-state index < -0.39 is 17.9 Å². The van der Waals surface area contributed by atoms with Crippen LogP contribution >= 0.6 is 11.3 Å². The van der Waals surface area contributed by atoms with Crippen LogP contribution < -0.4 is 15.1 Å². The number of thiazole rings is 1. The third kappa shape index (κ3) is 4.31. The molecule has 9 heteroatoms. The van der Waals surface area contributed by atoms with Gasteiger partial charge in [-0.3, -0.25) is 14.5 Å². The topological polar surface area (TPSA) is 98.9 Å². The zero-order valence-electron chi connectivity index (χ0n) is 20.4. The van der Waals surface area contributed by atoms with E-state index in [1.54, 1.807) is 43.3 Å². The summed E-state index contributed by atoms with van der Waals surface area (Å²) in [6.45, 7) is 7.88. The van der Waals surface area contributed by atoms with Crippen LogP contribution in [0, 0.1) is 6.92 Å². The number of aromatic nitrogens is 1. The van der Waals surface area contributed by atoms with Crippen molar-refractivity contribution in [2.24, 2.45) is 0 Å². The molecule has 4 aromatic rings. The van der Waals surface area contributed by atoms with E-state index in [1.165, 1.54) is 11.0 Å². The van der Waals surface area contributed by atoms with Crippen LogP contribution in [-0.2, 0) is 4.74 Å². The Morgan fingerprint density at radius 3 is 2.68 bits per heavy atom. The van der Waals surface area contributed by atoms with Gasteiger partial charge in [-0.1, -0.05) is 55.2 Å². The van der Waals surface area contributed by atoms with Crippen LogP contribution in [0.1, 0.15) is 56.4 Å². The molecule has 188 valence electrons. The Labute approximate surface area is 216 Å². The highest BCUT2D eigenvalue weighted by Gasteiger charge is 2.45. The van der Waals surface area contributed by atoms with Gasteiger partial charge in [-0.2, -0.15) is 0 Å². The lowest BCUT2D eigenvalue weighted by atomic mass is 9.98. The highest BCUT2D eigenvalue weighted by atomic mass is 32.1. The molecular weight excluding hydrogens is 492 g/mol. The van der Waals surface area contributed by atoms with E-state index in [1.807, 2.05) is 19.1 Å². The first-order valence-electron chi connectivity index (χ1n) is 11.8. The maximum absolute atomic E-state index is 13.8. The van der Waals surface area contributed by atoms with Crippen LogP contribution in [0.25, 0.3) is 11.0 Å². The van der Waals surface area contributed by atoms with E-state index in [2.05, 4.69) is 11.6 Å². The van der Waals surface area contributed by atoms with E-state index in [9.17, 15) is 14.4 Å².